The maximum absolute atomic E-state index is 13.0. The number of phenolic OH excluding ortho intramolecular Hbond substituents is 2. The Morgan fingerprint density at radius 3 is 2.65 bits per heavy atom. The number of nitrogens with zero attached hydrogens (tertiary/aromatic N) is 5. The van der Waals surface area contributed by atoms with Crippen molar-refractivity contribution in [2.45, 2.75) is 6.54 Å². The highest BCUT2D eigenvalue weighted by atomic mass is 35.5. The van der Waals surface area contributed by atoms with Gasteiger partial charge >= 0.3 is 0 Å². The fraction of sp³-hybridized carbons (Fsp3) is 0.0909. The van der Waals surface area contributed by atoms with Crippen LogP contribution in [0.25, 0.3) is 16.9 Å². The third-order valence-electron chi connectivity index (χ3n) is 4.71. The Balaban J connectivity index is 1.72. The summed E-state index contributed by atoms with van der Waals surface area (Å²) in [5, 5.41) is 25.6. The smallest absolute Gasteiger partial charge is 0.257 e. The van der Waals surface area contributed by atoms with Crippen molar-refractivity contribution >= 4 is 17.5 Å². The molecule has 0 aliphatic carbocycles. The molecule has 0 spiro atoms. The molecule has 1 amide bonds. The quantitative estimate of drug-likeness (QED) is 0.495. The molecule has 0 fully saturated rings. The van der Waals surface area contributed by atoms with E-state index in [1.807, 2.05) is 6.07 Å². The average molecular weight is 436 g/mol. The molecule has 0 radical (unpaired) electrons. The Labute approximate surface area is 183 Å². The summed E-state index contributed by atoms with van der Waals surface area (Å²) in [6.45, 7) is 0.208. The number of para-hydroxylation sites is 1. The Bertz CT molecular complexity index is 1240. The zero-order chi connectivity index (χ0) is 22.0. The molecule has 2 aromatic heterocycles. The van der Waals surface area contributed by atoms with Crippen LogP contribution in [0.15, 0.2) is 67.3 Å². The van der Waals surface area contributed by atoms with Crippen molar-refractivity contribution in [1.82, 2.24) is 24.6 Å². The fourth-order valence-electron chi connectivity index (χ4n) is 3.21. The summed E-state index contributed by atoms with van der Waals surface area (Å²) >= 11 is 6.31. The maximum atomic E-state index is 13.0. The molecule has 156 valence electrons. The van der Waals surface area contributed by atoms with Crippen LogP contribution in [0.2, 0.25) is 5.02 Å². The van der Waals surface area contributed by atoms with E-state index in [1.54, 1.807) is 60.8 Å². The van der Waals surface area contributed by atoms with Crippen molar-refractivity contribution < 1.29 is 15.0 Å². The first-order valence-electron chi connectivity index (χ1n) is 9.31. The lowest BCUT2D eigenvalue weighted by atomic mass is 10.0. The summed E-state index contributed by atoms with van der Waals surface area (Å²) in [6.07, 6.45) is 6.21. The van der Waals surface area contributed by atoms with Crippen molar-refractivity contribution in [1.29, 1.82) is 0 Å². The largest absolute Gasteiger partial charge is 0.507 e. The second-order valence-corrected chi connectivity index (χ2v) is 7.23. The maximum Gasteiger partial charge on any atom is 0.257 e. The highest BCUT2D eigenvalue weighted by molar-refractivity contribution is 6.32. The van der Waals surface area contributed by atoms with E-state index >= 15 is 0 Å². The van der Waals surface area contributed by atoms with Crippen LogP contribution in [-0.4, -0.2) is 47.8 Å². The lowest BCUT2D eigenvalue weighted by molar-refractivity contribution is 0.0780. The van der Waals surface area contributed by atoms with Crippen molar-refractivity contribution in [2.75, 3.05) is 7.05 Å². The van der Waals surface area contributed by atoms with Gasteiger partial charge in [0.15, 0.2) is 0 Å². The van der Waals surface area contributed by atoms with E-state index in [4.69, 9.17) is 11.6 Å². The standard InChI is InChI=1S/C22H18ClN5O3/c1-27(13-14-12-24-8-9-25-14)22(31)16-10-15(20(29)11-21(16)30)18-6-7-26-28(18)19-5-3-2-4-17(19)23/h2-12,29-30H,13H2,1H3. The summed E-state index contributed by atoms with van der Waals surface area (Å²) in [7, 11) is 1.59. The molecule has 0 saturated carbocycles. The van der Waals surface area contributed by atoms with Crippen LogP contribution in [0.1, 0.15) is 16.1 Å². The number of halogens is 1. The molecular weight excluding hydrogens is 418 g/mol. The predicted octanol–water partition coefficient (Wildman–Crippen LogP) is 3.67. The number of rotatable bonds is 5. The average Bonchev–Trinajstić information content (AvgIpc) is 3.23. The van der Waals surface area contributed by atoms with Crippen LogP contribution in [0.5, 0.6) is 11.5 Å². The minimum absolute atomic E-state index is 0.0334. The number of phenols is 2. The number of benzene rings is 2. The van der Waals surface area contributed by atoms with Gasteiger partial charge in [0.2, 0.25) is 0 Å². The third kappa shape index (κ3) is 4.06. The van der Waals surface area contributed by atoms with Gasteiger partial charge in [-0.1, -0.05) is 23.7 Å². The van der Waals surface area contributed by atoms with Crippen LogP contribution >= 0.6 is 11.6 Å². The molecule has 4 rings (SSSR count). The number of carbonyl (C=O) groups excluding carboxylic acids is 1. The van der Waals surface area contributed by atoms with E-state index in [-0.39, 0.29) is 23.6 Å². The highest BCUT2D eigenvalue weighted by Crippen LogP contribution is 2.37. The number of amides is 1. The Kier molecular flexibility index (Phi) is 5.55. The molecule has 0 atom stereocenters. The monoisotopic (exact) mass is 435 g/mol. The summed E-state index contributed by atoms with van der Waals surface area (Å²) in [5.74, 6) is -0.964. The zero-order valence-electron chi connectivity index (χ0n) is 16.5. The second kappa shape index (κ2) is 8.45. The van der Waals surface area contributed by atoms with E-state index in [1.165, 1.54) is 11.0 Å². The zero-order valence-corrected chi connectivity index (χ0v) is 17.2. The van der Waals surface area contributed by atoms with Gasteiger partial charge in [0, 0.05) is 31.1 Å². The predicted molar refractivity (Wildman–Crippen MR) is 115 cm³/mol. The Morgan fingerprint density at radius 1 is 1.10 bits per heavy atom. The van der Waals surface area contributed by atoms with E-state index in [0.717, 1.165) is 6.07 Å². The fourth-order valence-corrected chi connectivity index (χ4v) is 3.42. The molecule has 4 aromatic rings. The topological polar surface area (TPSA) is 104 Å². The third-order valence-corrected chi connectivity index (χ3v) is 5.03. The van der Waals surface area contributed by atoms with Crippen LogP contribution in [-0.2, 0) is 6.54 Å². The number of carbonyl (C=O) groups is 1. The van der Waals surface area contributed by atoms with Gasteiger partial charge in [-0.25, -0.2) is 4.68 Å². The molecule has 2 aromatic carbocycles. The van der Waals surface area contributed by atoms with E-state index in [0.29, 0.717) is 27.7 Å². The molecule has 8 nitrogen and oxygen atoms in total. The van der Waals surface area contributed by atoms with Gasteiger partial charge in [0.1, 0.15) is 11.5 Å². The first-order chi connectivity index (χ1) is 15.0. The van der Waals surface area contributed by atoms with Gasteiger partial charge in [0.25, 0.3) is 5.91 Å². The Morgan fingerprint density at radius 2 is 1.90 bits per heavy atom. The number of hydrogen-bond donors (Lipinski definition) is 2. The molecule has 0 saturated heterocycles. The highest BCUT2D eigenvalue weighted by Gasteiger charge is 2.22. The van der Waals surface area contributed by atoms with Gasteiger partial charge < -0.3 is 15.1 Å². The molecule has 0 bridgehead atoms. The first kappa shape index (κ1) is 20.4. The van der Waals surface area contributed by atoms with E-state index in [2.05, 4.69) is 15.1 Å². The first-order valence-corrected chi connectivity index (χ1v) is 9.69. The molecular formula is C22H18ClN5O3. The lowest BCUT2D eigenvalue weighted by Gasteiger charge is -2.18. The van der Waals surface area contributed by atoms with Crippen LogP contribution in [0.3, 0.4) is 0 Å². The lowest BCUT2D eigenvalue weighted by Crippen LogP contribution is -2.26. The number of aromatic nitrogens is 4. The van der Waals surface area contributed by atoms with Gasteiger partial charge in [-0.15, -0.1) is 0 Å². The van der Waals surface area contributed by atoms with Gasteiger partial charge in [-0.05, 0) is 24.3 Å². The minimum Gasteiger partial charge on any atom is -0.507 e. The molecule has 31 heavy (non-hydrogen) atoms. The Hall–Kier alpha value is -3.91. The normalized spacial score (nSPS) is 10.8. The van der Waals surface area contributed by atoms with Crippen LogP contribution in [0.4, 0.5) is 0 Å². The number of aromatic hydroxyl groups is 2. The number of hydrogen-bond acceptors (Lipinski definition) is 6. The summed E-state index contributed by atoms with van der Waals surface area (Å²) in [6, 6.07) is 11.4. The molecule has 0 aliphatic heterocycles. The van der Waals surface area contributed by atoms with Crippen LogP contribution < -0.4 is 0 Å². The summed E-state index contributed by atoms with van der Waals surface area (Å²) in [4.78, 5) is 22.6. The van der Waals surface area contributed by atoms with Crippen molar-refractivity contribution in [3.63, 3.8) is 0 Å². The van der Waals surface area contributed by atoms with Crippen molar-refractivity contribution in [2.24, 2.45) is 0 Å². The van der Waals surface area contributed by atoms with Crippen LogP contribution in [0, 0.1) is 0 Å². The van der Waals surface area contributed by atoms with Gasteiger partial charge in [0.05, 0.1) is 46.6 Å². The van der Waals surface area contributed by atoms with Crippen molar-refractivity contribution in [3.05, 3.63) is 83.5 Å². The molecule has 2 N–H and O–H groups in total. The molecule has 0 unspecified atom stereocenters. The van der Waals surface area contributed by atoms with E-state index < -0.39 is 5.91 Å². The van der Waals surface area contributed by atoms with E-state index in [9.17, 15) is 15.0 Å². The SMILES string of the molecule is CN(Cc1cnccn1)C(=O)c1cc(-c2ccnn2-c2ccccc2Cl)c(O)cc1O. The minimum atomic E-state index is -0.437. The van der Waals surface area contributed by atoms with Gasteiger partial charge in [-0.3, -0.25) is 14.8 Å². The summed E-state index contributed by atoms with van der Waals surface area (Å²) in [5.41, 5.74) is 2.09. The molecule has 2 heterocycles. The molecule has 9 heteroatoms. The van der Waals surface area contributed by atoms with Gasteiger partial charge in [-0.2, -0.15) is 5.10 Å². The van der Waals surface area contributed by atoms with Crippen molar-refractivity contribution in [3.8, 4) is 28.4 Å². The molecule has 0 aliphatic rings. The summed E-state index contributed by atoms with van der Waals surface area (Å²) < 4.78 is 1.56. The second-order valence-electron chi connectivity index (χ2n) is 6.82.